The van der Waals surface area contributed by atoms with Crippen molar-refractivity contribution in [2.75, 3.05) is 7.11 Å². The molecule has 0 aromatic carbocycles. The van der Waals surface area contributed by atoms with E-state index in [1.54, 1.807) is 7.11 Å². The van der Waals surface area contributed by atoms with Crippen LogP contribution in [0, 0.1) is 11.8 Å². The van der Waals surface area contributed by atoms with Gasteiger partial charge in [-0.1, -0.05) is 64.2 Å². The van der Waals surface area contributed by atoms with Crippen molar-refractivity contribution in [3.8, 4) is 0 Å². The van der Waals surface area contributed by atoms with Gasteiger partial charge in [0.25, 0.3) is 0 Å². The molecule has 1 aliphatic carbocycles. The number of amides is 1. The average Bonchev–Trinajstić information content (AvgIpc) is 2.54. The molecular formula is C20H35NO3. The Bertz CT molecular complexity index is 431. The Morgan fingerprint density at radius 3 is 2.58 bits per heavy atom. The smallest absolute Gasteiger partial charge is 0.405 e. The van der Waals surface area contributed by atoms with Crippen molar-refractivity contribution in [1.82, 2.24) is 5.32 Å². The first kappa shape index (κ1) is 20.8. The number of nitrogens with one attached hydrogen (secondary N) is 1. The van der Waals surface area contributed by atoms with Crippen molar-refractivity contribution in [2.45, 2.75) is 77.9 Å². The zero-order chi connectivity index (χ0) is 17.9. The summed E-state index contributed by atoms with van der Waals surface area (Å²) in [6.07, 6.45) is 13.2. The van der Waals surface area contributed by atoms with Gasteiger partial charge in [-0.05, 0) is 31.3 Å². The maximum atomic E-state index is 11.3. The number of ether oxygens (including phenoxy) is 1. The van der Waals surface area contributed by atoms with Gasteiger partial charge in [0.05, 0.1) is 12.1 Å². The number of methoxy groups -OCH3 is 1. The fraction of sp³-hybridized carbons (Fsp3) is 0.750. The van der Waals surface area contributed by atoms with Gasteiger partial charge >= 0.3 is 6.09 Å². The summed E-state index contributed by atoms with van der Waals surface area (Å²) in [6.45, 7) is 6.41. The van der Waals surface area contributed by atoms with Gasteiger partial charge < -0.3 is 15.2 Å². The lowest BCUT2D eigenvalue weighted by Gasteiger charge is -2.45. The highest BCUT2D eigenvalue weighted by molar-refractivity contribution is 5.65. The Morgan fingerprint density at radius 1 is 1.33 bits per heavy atom. The molecule has 1 rings (SSSR count). The molecule has 0 aliphatic heterocycles. The third kappa shape index (κ3) is 6.31. The van der Waals surface area contributed by atoms with E-state index in [2.05, 4.69) is 25.2 Å². The Balaban J connectivity index is 2.83. The summed E-state index contributed by atoms with van der Waals surface area (Å²) in [4.78, 5) is 11.3. The van der Waals surface area contributed by atoms with Gasteiger partial charge in [0, 0.05) is 13.0 Å². The molecule has 0 saturated heterocycles. The number of hydrogen-bond donors (Lipinski definition) is 2. The van der Waals surface area contributed by atoms with E-state index >= 15 is 0 Å². The second-order valence-electron chi connectivity index (χ2n) is 6.91. The average molecular weight is 338 g/mol. The summed E-state index contributed by atoms with van der Waals surface area (Å²) in [5.74, 6) is 0.836. The Morgan fingerprint density at radius 2 is 2.04 bits per heavy atom. The molecule has 0 spiro atoms. The number of unbranched alkanes of at least 4 members (excludes halogenated alkanes) is 4. The van der Waals surface area contributed by atoms with Crippen molar-refractivity contribution in [2.24, 2.45) is 11.8 Å². The first-order valence-electron chi connectivity index (χ1n) is 9.40. The number of carboxylic acid groups (broad SMARTS) is 1. The normalized spacial score (nSPS) is 25.5. The van der Waals surface area contributed by atoms with Gasteiger partial charge in [-0.3, -0.25) is 0 Å². The third-order valence-electron chi connectivity index (χ3n) is 5.08. The molecule has 4 heteroatoms. The summed E-state index contributed by atoms with van der Waals surface area (Å²) < 4.78 is 5.60. The molecule has 0 aromatic rings. The summed E-state index contributed by atoms with van der Waals surface area (Å²) in [6, 6.07) is -0.120. The largest absolute Gasteiger partial charge is 0.465 e. The Kier molecular flexibility index (Phi) is 9.77. The summed E-state index contributed by atoms with van der Waals surface area (Å²) >= 11 is 0. The lowest BCUT2D eigenvalue weighted by Crippen LogP contribution is -2.48. The molecular weight excluding hydrogens is 302 g/mol. The van der Waals surface area contributed by atoms with Crippen LogP contribution in [0.2, 0.25) is 0 Å². The van der Waals surface area contributed by atoms with Crippen molar-refractivity contribution >= 4 is 6.09 Å². The molecule has 1 saturated carbocycles. The van der Waals surface area contributed by atoms with E-state index in [1.165, 1.54) is 24.8 Å². The number of rotatable bonds is 11. The van der Waals surface area contributed by atoms with E-state index in [4.69, 9.17) is 4.74 Å². The molecule has 0 radical (unpaired) electrons. The fourth-order valence-corrected chi connectivity index (χ4v) is 3.71. The van der Waals surface area contributed by atoms with E-state index in [-0.39, 0.29) is 12.1 Å². The summed E-state index contributed by atoms with van der Waals surface area (Å²) in [7, 11) is 1.75. The predicted octanol–water partition coefficient (Wildman–Crippen LogP) is 5.16. The Labute approximate surface area is 147 Å². The van der Waals surface area contributed by atoms with Gasteiger partial charge in [-0.25, -0.2) is 4.79 Å². The van der Waals surface area contributed by atoms with Crippen LogP contribution < -0.4 is 5.32 Å². The molecule has 4 atom stereocenters. The van der Waals surface area contributed by atoms with Crippen LogP contribution in [0.3, 0.4) is 0 Å². The van der Waals surface area contributed by atoms with E-state index < -0.39 is 6.09 Å². The van der Waals surface area contributed by atoms with Gasteiger partial charge in [-0.15, -0.1) is 0 Å². The monoisotopic (exact) mass is 337 g/mol. The lowest BCUT2D eigenvalue weighted by atomic mass is 9.66. The maximum Gasteiger partial charge on any atom is 0.405 e. The minimum Gasteiger partial charge on any atom is -0.465 e. The minimum absolute atomic E-state index is 0.120. The number of carbonyl (C=O) groups is 1. The van der Waals surface area contributed by atoms with Crippen LogP contribution in [-0.4, -0.2) is 30.5 Å². The zero-order valence-electron chi connectivity index (χ0n) is 15.8. The van der Waals surface area contributed by atoms with E-state index in [0.29, 0.717) is 11.8 Å². The summed E-state index contributed by atoms with van der Waals surface area (Å²) in [5.41, 5.74) is 1.18. The van der Waals surface area contributed by atoms with Crippen molar-refractivity contribution in [1.29, 1.82) is 0 Å². The van der Waals surface area contributed by atoms with Gasteiger partial charge in [0.15, 0.2) is 0 Å². The van der Waals surface area contributed by atoms with Gasteiger partial charge in [0.2, 0.25) is 0 Å². The SMILES string of the molecule is C/C=C\C=C(\C(CCCCCCC)NC(=O)O)C1C(C)CC1OC. The van der Waals surface area contributed by atoms with E-state index in [0.717, 1.165) is 25.7 Å². The van der Waals surface area contributed by atoms with Crippen LogP contribution >= 0.6 is 0 Å². The number of hydrogen-bond acceptors (Lipinski definition) is 2. The fourth-order valence-electron chi connectivity index (χ4n) is 3.71. The first-order chi connectivity index (χ1) is 11.5. The topological polar surface area (TPSA) is 58.6 Å². The van der Waals surface area contributed by atoms with Crippen LogP contribution in [0.4, 0.5) is 4.79 Å². The molecule has 4 unspecified atom stereocenters. The number of allylic oxidation sites excluding steroid dienone is 3. The second-order valence-corrected chi connectivity index (χ2v) is 6.91. The van der Waals surface area contributed by atoms with E-state index in [9.17, 15) is 9.90 Å². The molecule has 138 valence electrons. The van der Waals surface area contributed by atoms with Gasteiger partial charge in [0.1, 0.15) is 0 Å². The van der Waals surface area contributed by atoms with Gasteiger partial charge in [-0.2, -0.15) is 0 Å². The first-order valence-corrected chi connectivity index (χ1v) is 9.40. The molecule has 2 N–H and O–H groups in total. The molecule has 4 nitrogen and oxygen atoms in total. The van der Waals surface area contributed by atoms with Crippen LogP contribution in [-0.2, 0) is 4.74 Å². The standard InChI is InChI=1S/C20H35NO3/c1-5-7-9-10-11-13-17(21-20(22)23)16(12-8-6-2)19-15(3)14-18(19)24-4/h6,8,12,15,17-19,21H,5,7,9-11,13-14H2,1-4H3,(H,22,23)/b8-6-,16-12-. The molecule has 1 amide bonds. The van der Waals surface area contributed by atoms with Crippen molar-refractivity contribution < 1.29 is 14.6 Å². The highest BCUT2D eigenvalue weighted by atomic mass is 16.5. The maximum absolute atomic E-state index is 11.3. The molecule has 24 heavy (non-hydrogen) atoms. The quantitative estimate of drug-likeness (QED) is 0.404. The predicted molar refractivity (Wildman–Crippen MR) is 99.3 cm³/mol. The highest BCUT2D eigenvalue weighted by Gasteiger charge is 2.42. The summed E-state index contributed by atoms with van der Waals surface area (Å²) in [5, 5.41) is 12.0. The van der Waals surface area contributed by atoms with Crippen LogP contribution in [0.5, 0.6) is 0 Å². The van der Waals surface area contributed by atoms with Crippen molar-refractivity contribution in [3.63, 3.8) is 0 Å². The Hall–Kier alpha value is -1.29. The molecule has 0 aromatic heterocycles. The molecule has 1 fully saturated rings. The molecule has 0 heterocycles. The second kappa shape index (κ2) is 11.3. The van der Waals surface area contributed by atoms with Crippen molar-refractivity contribution in [3.05, 3.63) is 23.8 Å². The van der Waals surface area contributed by atoms with E-state index in [1.807, 2.05) is 19.1 Å². The molecule has 0 bridgehead atoms. The lowest BCUT2D eigenvalue weighted by molar-refractivity contribution is -0.0418. The van der Waals surface area contributed by atoms with Crippen LogP contribution in [0.25, 0.3) is 0 Å². The zero-order valence-corrected chi connectivity index (χ0v) is 15.8. The van der Waals surface area contributed by atoms with Crippen LogP contribution in [0.1, 0.15) is 65.7 Å². The van der Waals surface area contributed by atoms with Crippen LogP contribution in [0.15, 0.2) is 23.8 Å². The minimum atomic E-state index is -0.944. The molecule has 1 aliphatic rings. The third-order valence-corrected chi connectivity index (χ3v) is 5.08. The highest BCUT2D eigenvalue weighted by Crippen LogP contribution is 2.43.